The van der Waals surface area contributed by atoms with Crippen LogP contribution in [0.25, 0.3) is 64.4 Å². The Labute approximate surface area is 264 Å². The Hall–Kier alpha value is -5.44. The molecule has 0 fully saturated rings. The van der Waals surface area contributed by atoms with Gasteiger partial charge in [0.15, 0.2) is 0 Å². The summed E-state index contributed by atoms with van der Waals surface area (Å²) in [6.45, 7) is 0. The standard InChI is InChI=1S/C43H26OS/c1-3-12-28(13-4-1)43(29-14-5-2-6-15-29)37-20-9-7-16-31(37)35-25-36-34-19-11-18-30(42(34)44-39(36)26-38(35)43)27-22-23-33-32-17-8-10-21-40(32)45-41(33)24-27/h1-26H. The summed E-state index contributed by atoms with van der Waals surface area (Å²) < 4.78 is 9.52. The number of furan rings is 1. The van der Waals surface area contributed by atoms with Gasteiger partial charge in [0.1, 0.15) is 11.2 Å². The van der Waals surface area contributed by atoms with Gasteiger partial charge in [-0.05, 0) is 63.2 Å². The molecule has 0 amide bonds. The summed E-state index contributed by atoms with van der Waals surface area (Å²) >= 11 is 1.85. The van der Waals surface area contributed by atoms with Crippen molar-refractivity contribution in [2.24, 2.45) is 0 Å². The van der Waals surface area contributed by atoms with Crippen LogP contribution in [-0.4, -0.2) is 0 Å². The van der Waals surface area contributed by atoms with Gasteiger partial charge in [0.2, 0.25) is 0 Å². The normalized spacial score (nSPS) is 13.5. The van der Waals surface area contributed by atoms with Crippen molar-refractivity contribution in [2.45, 2.75) is 5.41 Å². The molecule has 9 aromatic rings. The molecule has 0 aliphatic heterocycles. The fourth-order valence-electron chi connectivity index (χ4n) is 7.85. The van der Waals surface area contributed by atoms with E-state index in [1.165, 1.54) is 59.1 Å². The molecule has 7 aromatic carbocycles. The monoisotopic (exact) mass is 590 g/mol. The van der Waals surface area contributed by atoms with E-state index in [-0.39, 0.29) is 0 Å². The molecule has 0 atom stereocenters. The molecule has 0 bridgehead atoms. The Morgan fingerprint density at radius 2 is 1.09 bits per heavy atom. The smallest absolute Gasteiger partial charge is 0.143 e. The van der Waals surface area contributed by atoms with E-state index < -0.39 is 5.41 Å². The Morgan fingerprint density at radius 3 is 1.91 bits per heavy atom. The van der Waals surface area contributed by atoms with Gasteiger partial charge in [-0.3, -0.25) is 0 Å². The van der Waals surface area contributed by atoms with Gasteiger partial charge < -0.3 is 4.42 Å². The van der Waals surface area contributed by atoms with E-state index in [9.17, 15) is 0 Å². The lowest BCUT2D eigenvalue weighted by molar-refractivity contribution is 0.667. The molecule has 45 heavy (non-hydrogen) atoms. The third-order valence-corrected chi connectivity index (χ3v) is 10.9. The Morgan fingerprint density at radius 1 is 0.422 bits per heavy atom. The molecule has 0 unspecified atom stereocenters. The molecule has 0 N–H and O–H groups in total. The molecule has 1 aliphatic carbocycles. The highest BCUT2D eigenvalue weighted by Gasteiger charge is 2.46. The third-order valence-electron chi connectivity index (χ3n) is 9.77. The number of rotatable bonds is 3. The maximum Gasteiger partial charge on any atom is 0.143 e. The first-order valence-electron chi connectivity index (χ1n) is 15.4. The second kappa shape index (κ2) is 9.28. The zero-order chi connectivity index (χ0) is 29.5. The van der Waals surface area contributed by atoms with Gasteiger partial charge in [0.05, 0.1) is 5.41 Å². The van der Waals surface area contributed by atoms with Crippen molar-refractivity contribution in [3.8, 4) is 22.3 Å². The number of benzene rings is 7. The molecule has 2 heterocycles. The number of hydrogen-bond acceptors (Lipinski definition) is 2. The summed E-state index contributed by atoms with van der Waals surface area (Å²) in [7, 11) is 0. The van der Waals surface area contributed by atoms with E-state index in [1.807, 2.05) is 11.3 Å². The van der Waals surface area contributed by atoms with Gasteiger partial charge in [-0.1, -0.05) is 133 Å². The number of para-hydroxylation sites is 1. The molecule has 1 aliphatic rings. The largest absolute Gasteiger partial charge is 0.455 e. The molecule has 0 saturated carbocycles. The van der Waals surface area contributed by atoms with E-state index in [4.69, 9.17) is 4.42 Å². The summed E-state index contributed by atoms with van der Waals surface area (Å²) in [6.07, 6.45) is 0. The average molecular weight is 591 g/mol. The van der Waals surface area contributed by atoms with E-state index in [0.29, 0.717) is 0 Å². The van der Waals surface area contributed by atoms with Crippen LogP contribution in [0.15, 0.2) is 162 Å². The molecule has 0 saturated heterocycles. The maximum absolute atomic E-state index is 6.90. The highest BCUT2D eigenvalue weighted by molar-refractivity contribution is 7.25. The van der Waals surface area contributed by atoms with Crippen molar-refractivity contribution in [1.29, 1.82) is 0 Å². The van der Waals surface area contributed by atoms with Crippen molar-refractivity contribution in [3.05, 3.63) is 180 Å². The van der Waals surface area contributed by atoms with Crippen LogP contribution in [0, 0.1) is 0 Å². The van der Waals surface area contributed by atoms with Crippen LogP contribution in [0.1, 0.15) is 22.3 Å². The average Bonchev–Trinajstić information content (AvgIpc) is 3.75. The molecule has 2 heteroatoms. The van der Waals surface area contributed by atoms with Crippen molar-refractivity contribution in [2.75, 3.05) is 0 Å². The quantitative estimate of drug-likeness (QED) is 0.199. The predicted octanol–water partition coefficient (Wildman–Crippen LogP) is 12.0. The summed E-state index contributed by atoms with van der Waals surface area (Å²) in [5.74, 6) is 0. The summed E-state index contributed by atoms with van der Waals surface area (Å²) in [4.78, 5) is 0. The zero-order valence-electron chi connectivity index (χ0n) is 24.3. The first-order valence-corrected chi connectivity index (χ1v) is 16.2. The van der Waals surface area contributed by atoms with Gasteiger partial charge in [-0.2, -0.15) is 0 Å². The molecular weight excluding hydrogens is 565 g/mol. The molecule has 0 radical (unpaired) electrons. The van der Waals surface area contributed by atoms with Crippen LogP contribution in [0.5, 0.6) is 0 Å². The highest BCUT2D eigenvalue weighted by atomic mass is 32.1. The van der Waals surface area contributed by atoms with E-state index >= 15 is 0 Å². The van der Waals surface area contributed by atoms with Gasteiger partial charge >= 0.3 is 0 Å². The van der Waals surface area contributed by atoms with Gasteiger partial charge in [0, 0.05) is 36.5 Å². The lowest BCUT2D eigenvalue weighted by atomic mass is 9.67. The second-order valence-corrected chi connectivity index (χ2v) is 13.1. The minimum absolute atomic E-state index is 0.448. The lowest BCUT2D eigenvalue weighted by Crippen LogP contribution is -2.28. The summed E-state index contributed by atoms with van der Waals surface area (Å²) in [6, 6.07) is 57.6. The number of thiophene rings is 1. The van der Waals surface area contributed by atoms with Crippen molar-refractivity contribution in [1.82, 2.24) is 0 Å². The van der Waals surface area contributed by atoms with Crippen LogP contribution in [0.3, 0.4) is 0 Å². The van der Waals surface area contributed by atoms with Gasteiger partial charge in [-0.15, -0.1) is 11.3 Å². The van der Waals surface area contributed by atoms with Crippen molar-refractivity contribution in [3.63, 3.8) is 0 Å². The van der Waals surface area contributed by atoms with Crippen LogP contribution in [0.4, 0.5) is 0 Å². The zero-order valence-corrected chi connectivity index (χ0v) is 25.1. The molecule has 2 aromatic heterocycles. The summed E-state index contributed by atoms with van der Waals surface area (Å²) in [5, 5.41) is 4.93. The van der Waals surface area contributed by atoms with Crippen LogP contribution in [-0.2, 0) is 5.41 Å². The van der Waals surface area contributed by atoms with Crippen molar-refractivity contribution < 1.29 is 4.42 Å². The van der Waals surface area contributed by atoms with Gasteiger partial charge in [0.25, 0.3) is 0 Å². The molecule has 10 rings (SSSR count). The van der Waals surface area contributed by atoms with E-state index in [2.05, 4.69) is 158 Å². The minimum Gasteiger partial charge on any atom is -0.455 e. The van der Waals surface area contributed by atoms with Crippen LogP contribution >= 0.6 is 11.3 Å². The highest BCUT2D eigenvalue weighted by Crippen LogP contribution is 2.57. The first kappa shape index (κ1) is 24.9. The lowest BCUT2D eigenvalue weighted by Gasteiger charge is -2.33. The van der Waals surface area contributed by atoms with Gasteiger partial charge in [-0.25, -0.2) is 0 Å². The number of hydrogen-bond donors (Lipinski definition) is 0. The number of fused-ring (bicyclic) bond motifs is 9. The Bertz CT molecular complexity index is 2550. The molecule has 1 nitrogen and oxygen atoms in total. The van der Waals surface area contributed by atoms with Crippen LogP contribution < -0.4 is 0 Å². The second-order valence-electron chi connectivity index (χ2n) is 12.0. The Kier molecular flexibility index (Phi) is 5.14. The fraction of sp³-hybridized carbons (Fsp3) is 0.0233. The fourth-order valence-corrected chi connectivity index (χ4v) is 9.00. The first-order chi connectivity index (χ1) is 22.3. The maximum atomic E-state index is 6.90. The van der Waals surface area contributed by atoms with E-state index in [1.54, 1.807) is 0 Å². The topological polar surface area (TPSA) is 13.1 Å². The van der Waals surface area contributed by atoms with Crippen LogP contribution in [0.2, 0.25) is 0 Å². The minimum atomic E-state index is -0.448. The van der Waals surface area contributed by atoms with E-state index in [0.717, 1.165) is 27.5 Å². The SMILES string of the molecule is c1ccc(C2(c3ccccc3)c3ccccc3-c3cc4c(cc32)oc2c(-c3ccc5c(c3)sc3ccccc35)cccc24)cc1. The molecule has 0 spiro atoms. The summed E-state index contributed by atoms with van der Waals surface area (Å²) in [5.41, 5.74) is 11.4. The van der Waals surface area contributed by atoms with Crippen molar-refractivity contribution >= 4 is 53.4 Å². The molecule has 210 valence electrons. The Balaban J connectivity index is 1.25. The predicted molar refractivity (Wildman–Crippen MR) is 189 cm³/mol. The molecular formula is C43H26OS. The third kappa shape index (κ3) is 3.38.